The van der Waals surface area contributed by atoms with E-state index in [9.17, 15) is 18.0 Å². The highest BCUT2D eigenvalue weighted by molar-refractivity contribution is 7.89. The molecule has 1 aromatic carbocycles. The summed E-state index contributed by atoms with van der Waals surface area (Å²) in [4.78, 5) is 28.3. The fourth-order valence-corrected chi connectivity index (χ4v) is 5.64. The number of nitrogens with one attached hydrogen (secondary N) is 3. The Balaban J connectivity index is 2.09. The van der Waals surface area contributed by atoms with E-state index in [1.807, 2.05) is 20.8 Å². The minimum atomic E-state index is -3.84. The van der Waals surface area contributed by atoms with Crippen LogP contribution in [-0.4, -0.2) is 44.1 Å². The van der Waals surface area contributed by atoms with Gasteiger partial charge in [-0.25, -0.2) is 23.6 Å². The van der Waals surface area contributed by atoms with E-state index in [-0.39, 0.29) is 35.4 Å². The number of anilines is 1. The molecule has 0 spiro atoms. The Hall–Kier alpha value is -2.54. The lowest BCUT2D eigenvalue weighted by molar-refractivity contribution is -0.129. The molecule has 0 aliphatic carbocycles. The van der Waals surface area contributed by atoms with Crippen LogP contribution in [0.5, 0.6) is 5.75 Å². The Morgan fingerprint density at radius 2 is 1.86 bits per heavy atom. The average Bonchev–Trinajstić information content (AvgIpc) is 3.16. The molecule has 1 heterocycles. The molecule has 0 atom stereocenters. The number of carbonyl (C=O) groups excluding carboxylic acids is 2. The smallest absolute Gasteiger partial charge is 0.244 e. The summed E-state index contributed by atoms with van der Waals surface area (Å²) in [5, 5.41) is 11.8. The fraction of sp³-hybridized carbons (Fsp3) is 0.522. The fourth-order valence-electron chi connectivity index (χ4n) is 3.39. The normalized spacial score (nSPS) is 11.5. The molecule has 0 unspecified atom stereocenters. The predicted molar refractivity (Wildman–Crippen MR) is 135 cm³/mol. The van der Waals surface area contributed by atoms with Crippen LogP contribution in [0.1, 0.15) is 58.1 Å². The summed E-state index contributed by atoms with van der Waals surface area (Å²) in [7, 11) is -2.43. The number of ether oxygens (including phenoxy) is 1. The molecule has 194 valence electrons. The van der Waals surface area contributed by atoms with Crippen LogP contribution < -0.4 is 20.3 Å². The number of hydroxylamine groups is 1. The number of nitrogens with zero attached hydrogens (tertiary/aromatic N) is 1. The second-order valence-corrected chi connectivity index (χ2v) is 11.3. The molecule has 2 rings (SSSR count). The number of aromatic nitrogens is 1. The van der Waals surface area contributed by atoms with Gasteiger partial charge < -0.3 is 10.1 Å². The molecule has 4 N–H and O–H groups in total. The van der Waals surface area contributed by atoms with Gasteiger partial charge in [0.15, 0.2) is 5.13 Å². The van der Waals surface area contributed by atoms with E-state index in [0.29, 0.717) is 35.7 Å². The molecule has 2 aromatic rings. The third-order valence-electron chi connectivity index (χ3n) is 5.10. The van der Waals surface area contributed by atoms with Crippen molar-refractivity contribution in [3.8, 4) is 16.2 Å². The molecule has 0 bridgehead atoms. The lowest BCUT2D eigenvalue weighted by Crippen LogP contribution is -2.25. The number of hydrogen-bond donors (Lipinski definition) is 4. The number of hydrogen-bond acceptors (Lipinski definition) is 8. The first-order valence-corrected chi connectivity index (χ1v) is 13.8. The highest BCUT2D eigenvalue weighted by Crippen LogP contribution is 2.36. The summed E-state index contributed by atoms with van der Waals surface area (Å²) in [6.07, 6.45) is 3.33. The van der Waals surface area contributed by atoms with Gasteiger partial charge in [-0.05, 0) is 49.4 Å². The van der Waals surface area contributed by atoms with Crippen LogP contribution in [0.25, 0.3) is 10.4 Å². The van der Waals surface area contributed by atoms with Crippen LogP contribution >= 0.6 is 11.3 Å². The second kappa shape index (κ2) is 13.5. The summed E-state index contributed by atoms with van der Waals surface area (Å²) >= 11 is 1.29. The topological polar surface area (TPSA) is 147 Å². The first kappa shape index (κ1) is 28.7. The number of sulfonamides is 1. The minimum Gasteiger partial charge on any atom is -0.495 e. The number of thiazole rings is 1. The maximum Gasteiger partial charge on any atom is 0.244 e. The standard InChI is InChI=1S/C23H34N4O6S2/c1-15(2)13-21(29)26-23-25-16(3)22(34-23)17-10-11-18(33-4)19(14-17)35(31,32)24-12-8-6-5-7-9-20(28)27-30/h10-11,14-15,24,30H,5-9,12-13H2,1-4H3,(H,27,28)(H,25,26,29). The van der Waals surface area contributed by atoms with Crippen LogP contribution in [0.15, 0.2) is 23.1 Å². The van der Waals surface area contributed by atoms with Crippen molar-refractivity contribution in [3.63, 3.8) is 0 Å². The molecule has 10 nitrogen and oxygen atoms in total. The minimum absolute atomic E-state index is 0.0234. The van der Waals surface area contributed by atoms with Crippen LogP contribution in [0.2, 0.25) is 0 Å². The van der Waals surface area contributed by atoms with E-state index in [4.69, 9.17) is 9.94 Å². The van der Waals surface area contributed by atoms with Crippen molar-refractivity contribution in [2.24, 2.45) is 5.92 Å². The Kier molecular flexibility index (Phi) is 11.1. The van der Waals surface area contributed by atoms with Crippen molar-refractivity contribution in [2.75, 3.05) is 19.0 Å². The van der Waals surface area contributed by atoms with E-state index in [1.165, 1.54) is 18.4 Å². The van der Waals surface area contributed by atoms with Crippen LogP contribution in [0.4, 0.5) is 5.13 Å². The van der Waals surface area contributed by atoms with E-state index in [1.54, 1.807) is 23.7 Å². The lowest BCUT2D eigenvalue weighted by atomic mass is 10.1. The largest absolute Gasteiger partial charge is 0.495 e. The SMILES string of the molecule is COc1ccc(-c2sc(NC(=O)CC(C)C)nc2C)cc1S(=O)(=O)NCCCCCCC(=O)NO. The van der Waals surface area contributed by atoms with Crippen LogP contribution in [0.3, 0.4) is 0 Å². The van der Waals surface area contributed by atoms with Gasteiger partial charge in [0.2, 0.25) is 21.8 Å². The molecule has 0 aliphatic heterocycles. The predicted octanol–water partition coefficient (Wildman–Crippen LogP) is 3.85. The number of methoxy groups -OCH3 is 1. The van der Waals surface area contributed by atoms with Gasteiger partial charge in [-0.3, -0.25) is 14.8 Å². The van der Waals surface area contributed by atoms with Gasteiger partial charge in [0.25, 0.3) is 0 Å². The van der Waals surface area contributed by atoms with Gasteiger partial charge in [0.05, 0.1) is 17.7 Å². The number of rotatable bonds is 14. The molecule has 12 heteroatoms. The van der Waals surface area contributed by atoms with Gasteiger partial charge in [-0.15, -0.1) is 0 Å². The number of carbonyl (C=O) groups is 2. The van der Waals surface area contributed by atoms with Crippen molar-refractivity contribution in [3.05, 3.63) is 23.9 Å². The molecular weight excluding hydrogens is 492 g/mol. The third-order valence-corrected chi connectivity index (χ3v) is 7.70. The molecule has 0 fully saturated rings. The summed E-state index contributed by atoms with van der Waals surface area (Å²) < 4.78 is 33.9. The monoisotopic (exact) mass is 526 g/mol. The van der Waals surface area contributed by atoms with E-state index in [2.05, 4.69) is 15.0 Å². The molecular formula is C23H34N4O6S2. The third kappa shape index (κ3) is 8.88. The van der Waals surface area contributed by atoms with E-state index in [0.717, 1.165) is 17.7 Å². The second-order valence-electron chi connectivity index (χ2n) is 8.54. The Labute approximate surface area is 210 Å². The molecule has 0 saturated carbocycles. The quantitative estimate of drug-likeness (QED) is 0.166. The van der Waals surface area contributed by atoms with E-state index < -0.39 is 15.9 Å². The summed E-state index contributed by atoms with van der Waals surface area (Å²) in [6.45, 7) is 5.98. The summed E-state index contributed by atoms with van der Waals surface area (Å²) in [6, 6.07) is 4.92. The van der Waals surface area contributed by atoms with Crippen LogP contribution in [0, 0.1) is 12.8 Å². The van der Waals surface area contributed by atoms with Gasteiger partial charge in [0, 0.05) is 19.4 Å². The number of benzene rings is 1. The molecule has 2 amide bonds. The highest BCUT2D eigenvalue weighted by atomic mass is 32.2. The molecule has 0 radical (unpaired) electrons. The van der Waals surface area contributed by atoms with Gasteiger partial charge in [-0.1, -0.05) is 38.0 Å². The highest BCUT2D eigenvalue weighted by Gasteiger charge is 2.22. The Bertz CT molecular complexity index is 1120. The lowest BCUT2D eigenvalue weighted by Gasteiger charge is -2.12. The van der Waals surface area contributed by atoms with Crippen molar-refractivity contribution in [1.29, 1.82) is 0 Å². The number of amides is 2. The average molecular weight is 527 g/mol. The molecule has 1 aromatic heterocycles. The number of unbranched alkanes of at least 4 members (excludes halogenated alkanes) is 3. The van der Waals surface area contributed by atoms with Crippen molar-refractivity contribution in [2.45, 2.75) is 64.2 Å². The molecule has 0 aliphatic rings. The summed E-state index contributed by atoms with van der Waals surface area (Å²) in [5.41, 5.74) is 2.93. The Morgan fingerprint density at radius 1 is 1.14 bits per heavy atom. The zero-order valence-corrected chi connectivity index (χ0v) is 22.1. The van der Waals surface area contributed by atoms with Crippen molar-refractivity contribution >= 4 is 38.3 Å². The summed E-state index contributed by atoms with van der Waals surface area (Å²) in [5.74, 6) is -0.0906. The number of aryl methyl sites for hydroxylation is 1. The first-order chi connectivity index (χ1) is 16.6. The van der Waals surface area contributed by atoms with Gasteiger partial charge >= 0.3 is 0 Å². The van der Waals surface area contributed by atoms with Gasteiger partial charge in [0.1, 0.15) is 10.6 Å². The zero-order valence-electron chi connectivity index (χ0n) is 20.5. The zero-order chi connectivity index (χ0) is 26.0. The van der Waals surface area contributed by atoms with Crippen molar-refractivity contribution in [1.82, 2.24) is 15.2 Å². The first-order valence-electron chi connectivity index (χ1n) is 11.5. The van der Waals surface area contributed by atoms with E-state index >= 15 is 0 Å². The van der Waals surface area contributed by atoms with Gasteiger partial charge in [-0.2, -0.15) is 0 Å². The maximum atomic E-state index is 13.0. The van der Waals surface area contributed by atoms with Crippen molar-refractivity contribution < 1.29 is 28.0 Å². The Morgan fingerprint density at radius 3 is 2.51 bits per heavy atom. The maximum absolute atomic E-state index is 13.0. The molecule has 35 heavy (non-hydrogen) atoms. The van der Waals surface area contributed by atoms with Crippen LogP contribution in [-0.2, 0) is 19.6 Å². The molecule has 0 saturated heterocycles.